The third kappa shape index (κ3) is 5.11. The summed E-state index contributed by atoms with van der Waals surface area (Å²) >= 11 is 5.74. The fourth-order valence-electron chi connectivity index (χ4n) is 4.47. The number of methoxy groups -OCH3 is 1. The number of benzene rings is 2. The standard InChI is InChI=1S/C27H24N4O5S2/c1-35-26(32)20-8-4-3-7-19(20)22-14-15-23(36-22)25-24(21-9-5-6-16-28-21)29-27(37)31(25)18-12-10-17(11-13-18)30-38(2,33)34/h3-16,24-25,30H,1-2H3,(H,29,37)/t24-,25-/m1/s1. The number of nitrogens with one attached hydrogen (secondary N) is 2. The fourth-order valence-corrected chi connectivity index (χ4v) is 5.38. The average Bonchev–Trinajstić information content (AvgIpc) is 3.53. The first kappa shape index (κ1) is 25.4. The molecule has 1 aliphatic rings. The van der Waals surface area contributed by atoms with E-state index in [1.165, 1.54) is 7.11 Å². The number of anilines is 2. The van der Waals surface area contributed by atoms with Gasteiger partial charge in [-0.25, -0.2) is 13.2 Å². The summed E-state index contributed by atoms with van der Waals surface area (Å²) in [5, 5.41) is 3.82. The van der Waals surface area contributed by atoms with E-state index in [0.717, 1.165) is 17.6 Å². The molecule has 3 heterocycles. The maximum Gasteiger partial charge on any atom is 0.338 e. The number of sulfonamides is 1. The zero-order valence-electron chi connectivity index (χ0n) is 20.5. The fraction of sp³-hybridized carbons (Fsp3) is 0.148. The Hall–Kier alpha value is -4.22. The van der Waals surface area contributed by atoms with Crippen LogP contribution in [-0.2, 0) is 14.8 Å². The molecule has 0 bridgehead atoms. The number of rotatable bonds is 7. The molecule has 0 unspecified atom stereocenters. The highest BCUT2D eigenvalue weighted by Crippen LogP contribution is 2.43. The molecule has 1 aliphatic heterocycles. The topological polar surface area (TPSA) is 114 Å². The molecular formula is C27H24N4O5S2. The number of nitrogens with zero attached hydrogens (tertiary/aromatic N) is 2. The monoisotopic (exact) mass is 548 g/mol. The van der Waals surface area contributed by atoms with Gasteiger partial charge in [-0.1, -0.05) is 24.3 Å². The lowest BCUT2D eigenvalue weighted by Crippen LogP contribution is -2.29. The van der Waals surface area contributed by atoms with Crippen LogP contribution in [0.15, 0.2) is 89.5 Å². The number of thiocarbonyl (C=S) groups is 1. The number of carbonyl (C=O) groups excluding carboxylic acids is 1. The second-order valence-electron chi connectivity index (χ2n) is 8.66. The Bertz CT molecular complexity index is 1590. The molecule has 1 fully saturated rings. The molecule has 0 amide bonds. The summed E-state index contributed by atoms with van der Waals surface area (Å²) in [5.41, 5.74) is 2.94. The Labute approximate surface area is 225 Å². The van der Waals surface area contributed by atoms with Crippen LogP contribution in [0.3, 0.4) is 0 Å². The van der Waals surface area contributed by atoms with Crippen LogP contribution in [0.4, 0.5) is 11.4 Å². The molecule has 11 heteroatoms. The van der Waals surface area contributed by atoms with Gasteiger partial charge >= 0.3 is 5.97 Å². The maximum atomic E-state index is 12.4. The number of hydrogen-bond acceptors (Lipinski definition) is 7. The Balaban J connectivity index is 1.57. The Kier molecular flexibility index (Phi) is 6.87. The van der Waals surface area contributed by atoms with E-state index in [0.29, 0.717) is 33.4 Å². The summed E-state index contributed by atoms with van der Waals surface area (Å²) in [6, 6.07) is 22.5. The van der Waals surface area contributed by atoms with Crippen LogP contribution in [0.2, 0.25) is 0 Å². The van der Waals surface area contributed by atoms with E-state index in [-0.39, 0.29) is 6.04 Å². The van der Waals surface area contributed by atoms with Crippen molar-refractivity contribution in [2.24, 2.45) is 0 Å². The Morgan fingerprint density at radius 2 is 1.79 bits per heavy atom. The van der Waals surface area contributed by atoms with Crippen molar-refractivity contribution < 1.29 is 22.4 Å². The minimum atomic E-state index is -3.41. The van der Waals surface area contributed by atoms with E-state index in [1.807, 2.05) is 41.3 Å². The van der Waals surface area contributed by atoms with Gasteiger partial charge in [0.25, 0.3) is 0 Å². The van der Waals surface area contributed by atoms with E-state index in [2.05, 4.69) is 15.0 Å². The van der Waals surface area contributed by atoms with E-state index in [9.17, 15) is 13.2 Å². The van der Waals surface area contributed by atoms with Gasteiger partial charge in [-0.05, 0) is 66.8 Å². The highest BCUT2D eigenvalue weighted by molar-refractivity contribution is 7.92. The Morgan fingerprint density at radius 3 is 2.47 bits per heavy atom. The van der Waals surface area contributed by atoms with Crippen molar-refractivity contribution in [3.05, 3.63) is 102 Å². The summed E-state index contributed by atoms with van der Waals surface area (Å²) in [7, 11) is -2.07. The average molecular weight is 549 g/mol. The number of hydrogen-bond donors (Lipinski definition) is 2. The third-order valence-electron chi connectivity index (χ3n) is 6.06. The van der Waals surface area contributed by atoms with Crippen LogP contribution >= 0.6 is 12.2 Å². The second kappa shape index (κ2) is 10.3. The molecule has 0 aliphatic carbocycles. The van der Waals surface area contributed by atoms with Gasteiger partial charge in [0, 0.05) is 23.1 Å². The summed E-state index contributed by atoms with van der Waals surface area (Å²) < 4.78 is 37.0. The first-order chi connectivity index (χ1) is 18.2. The van der Waals surface area contributed by atoms with Crippen molar-refractivity contribution in [3.8, 4) is 11.3 Å². The number of furan rings is 1. The molecule has 0 spiro atoms. The van der Waals surface area contributed by atoms with Gasteiger partial charge in [0.2, 0.25) is 10.0 Å². The predicted octanol–water partition coefficient (Wildman–Crippen LogP) is 4.68. The molecule has 2 aromatic carbocycles. The highest BCUT2D eigenvalue weighted by atomic mass is 32.2. The first-order valence-electron chi connectivity index (χ1n) is 11.6. The van der Waals surface area contributed by atoms with Crippen LogP contribution < -0.4 is 14.9 Å². The molecule has 1 saturated heterocycles. The van der Waals surface area contributed by atoms with Gasteiger partial charge in [0.1, 0.15) is 17.6 Å². The van der Waals surface area contributed by atoms with Crippen LogP contribution in [0.25, 0.3) is 11.3 Å². The minimum absolute atomic E-state index is 0.340. The smallest absolute Gasteiger partial charge is 0.338 e. The lowest BCUT2D eigenvalue weighted by molar-refractivity contribution is 0.0601. The van der Waals surface area contributed by atoms with Gasteiger partial charge in [-0.15, -0.1) is 0 Å². The third-order valence-corrected chi connectivity index (χ3v) is 6.98. The molecule has 9 nitrogen and oxygen atoms in total. The zero-order chi connectivity index (χ0) is 26.9. The normalized spacial score (nSPS) is 17.2. The van der Waals surface area contributed by atoms with Crippen molar-refractivity contribution in [1.82, 2.24) is 10.3 Å². The van der Waals surface area contributed by atoms with Crippen LogP contribution in [0.5, 0.6) is 0 Å². The molecule has 38 heavy (non-hydrogen) atoms. The molecule has 0 radical (unpaired) electrons. The summed E-state index contributed by atoms with van der Waals surface area (Å²) in [6.07, 6.45) is 2.81. The maximum absolute atomic E-state index is 12.4. The number of carbonyl (C=O) groups is 1. The molecule has 2 aromatic heterocycles. The van der Waals surface area contributed by atoms with Crippen molar-refractivity contribution in [2.45, 2.75) is 12.1 Å². The van der Waals surface area contributed by atoms with Crippen LogP contribution in [0.1, 0.15) is 33.9 Å². The predicted molar refractivity (Wildman–Crippen MR) is 148 cm³/mol. The van der Waals surface area contributed by atoms with Gasteiger partial charge in [0.15, 0.2) is 5.11 Å². The summed E-state index contributed by atoms with van der Waals surface area (Å²) in [5.74, 6) is 0.644. The molecular weight excluding hydrogens is 524 g/mol. The molecule has 2 atom stereocenters. The first-order valence-corrected chi connectivity index (χ1v) is 13.9. The number of esters is 1. The second-order valence-corrected chi connectivity index (χ2v) is 10.8. The molecule has 4 aromatic rings. The highest BCUT2D eigenvalue weighted by Gasteiger charge is 2.42. The van der Waals surface area contributed by atoms with E-state index in [1.54, 1.807) is 48.7 Å². The van der Waals surface area contributed by atoms with Crippen LogP contribution in [-0.4, -0.2) is 37.8 Å². The van der Waals surface area contributed by atoms with Crippen molar-refractivity contribution in [3.63, 3.8) is 0 Å². The number of pyridine rings is 1. The van der Waals surface area contributed by atoms with Gasteiger partial charge < -0.3 is 19.4 Å². The van der Waals surface area contributed by atoms with Crippen molar-refractivity contribution >= 4 is 44.7 Å². The summed E-state index contributed by atoms with van der Waals surface area (Å²) in [4.78, 5) is 18.8. The van der Waals surface area contributed by atoms with Gasteiger partial charge in [0.05, 0.1) is 30.7 Å². The van der Waals surface area contributed by atoms with Crippen molar-refractivity contribution in [2.75, 3.05) is 23.0 Å². The van der Waals surface area contributed by atoms with Crippen molar-refractivity contribution in [1.29, 1.82) is 0 Å². The number of aromatic nitrogens is 1. The largest absolute Gasteiger partial charge is 0.465 e. The minimum Gasteiger partial charge on any atom is -0.465 e. The number of ether oxygens (including phenoxy) is 1. The summed E-state index contributed by atoms with van der Waals surface area (Å²) in [6.45, 7) is 0. The van der Waals surface area contributed by atoms with E-state index in [4.69, 9.17) is 21.4 Å². The van der Waals surface area contributed by atoms with Gasteiger partial charge in [-0.2, -0.15) is 0 Å². The van der Waals surface area contributed by atoms with E-state index >= 15 is 0 Å². The molecule has 2 N–H and O–H groups in total. The molecule has 0 saturated carbocycles. The quantitative estimate of drug-likeness (QED) is 0.251. The van der Waals surface area contributed by atoms with E-state index < -0.39 is 22.0 Å². The van der Waals surface area contributed by atoms with Gasteiger partial charge in [-0.3, -0.25) is 9.71 Å². The molecule has 5 rings (SSSR count). The zero-order valence-corrected chi connectivity index (χ0v) is 22.1. The molecule has 194 valence electrons. The van der Waals surface area contributed by atoms with Crippen LogP contribution in [0, 0.1) is 0 Å². The lowest BCUT2D eigenvalue weighted by Gasteiger charge is -2.26. The Morgan fingerprint density at radius 1 is 1.05 bits per heavy atom. The SMILES string of the molecule is COC(=O)c1ccccc1-c1ccc([C@@H]2[C@@H](c3ccccn3)NC(=S)N2c2ccc(NS(C)(=O)=O)cc2)o1. The lowest BCUT2D eigenvalue weighted by atomic mass is 10.0.